The first-order valence-electron chi connectivity index (χ1n) is 9.42. The third-order valence-electron chi connectivity index (χ3n) is 5.71. The summed E-state index contributed by atoms with van der Waals surface area (Å²) in [6.07, 6.45) is 4.24. The van der Waals surface area contributed by atoms with Crippen LogP contribution in [-0.4, -0.2) is 66.8 Å². The molecule has 0 N–H and O–H groups in total. The molecule has 3 aliphatic heterocycles. The Balaban J connectivity index is 1.23. The van der Waals surface area contributed by atoms with Crippen LogP contribution >= 0.6 is 11.3 Å². The fourth-order valence-corrected chi connectivity index (χ4v) is 5.19. The molecule has 0 aromatic carbocycles. The molecular weight excluding hydrogens is 336 g/mol. The lowest BCUT2D eigenvalue weighted by Crippen LogP contribution is -2.65. The third kappa shape index (κ3) is 3.92. The SMILES string of the molecule is Cc1ccsc1CN1CC2(CC(OCC(=O)N3CCCC3)CCO2)C1. The van der Waals surface area contributed by atoms with E-state index in [2.05, 4.69) is 23.3 Å². The van der Waals surface area contributed by atoms with Gasteiger partial charge < -0.3 is 14.4 Å². The van der Waals surface area contributed by atoms with Crippen LogP contribution < -0.4 is 0 Å². The van der Waals surface area contributed by atoms with Gasteiger partial charge in [0.05, 0.1) is 11.7 Å². The molecule has 1 atom stereocenters. The topological polar surface area (TPSA) is 42.0 Å². The van der Waals surface area contributed by atoms with Crippen molar-refractivity contribution in [3.63, 3.8) is 0 Å². The summed E-state index contributed by atoms with van der Waals surface area (Å²) in [6, 6.07) is 2.19. The molecule has 0 aliphatic carbocycles. The van der Waals surface area contributed by atoms with Gasteiger partial charge in [-0.1, -0.05) is 0 Å². The summed E-state index contributed by atoms with van der Waals surface area (Å²) in [5.41, 5.74) is 1.34. The normalized spacial score (nSPS) is 26.1. The molecule has 1 aromatic heterocycles. The lowest BCUT2D eigenvalue weighted by atomic mass is 9.84. The van der Waals surface area contributed by atoms with Crippen molar-refractivity contribution in [1.29, 1.82) is 0 Å². The van der Waals surface area contributed by atoms with Gasteiger partial charge in [0.15, 0.2) is 0 Å². The molecule has 3 fully saturated rings. The van der Waals surface area contributed by atoms with Crippen molar-refractivity contribution in [1.82, 2.24) is 9.80 Å². The van der Waals surface area contributed by atoms with Crippen LogP contribution in [0.4, 0.5) is 0 Å². The number of amides is 1. The van der Waals surface area contributed by atoms with Crippen LogP contribution in [0.1, 0.15) is 36.1 Å². The van der Waals surface area contributed by atoms with Crippen molar-refractivity contribution < 1.29 is 14.3 Å². The number of hydrogen-bond acceptors (Lipinski definition) is 5. The predicted octanol–water partition coefficient (Wildman–Crippen LogP) is 2.43. The molecule has 1 unspecified atom stereocenters. The second-order valence-corrected chi connectivity index (χ2v) is 8.72. The van der Waals surface area contributed by atoms with Crippen molar-refractivity contribution in [3.8, 4) is 0 Å². The Morgan fingerprint density at radius 1 is 1.40 bits per heavy atom. The van der Waals surface area contributed by atoms with E-state index in [4.69, 9.17) is 9.47 Å². The fourth-order valence-electron chi connectivity index (χ4n) is 4.24. The summed E-state index contributed by atoms with van der Waals surface area (Å²) >= 11 is 1.84. The van der Waals surface area contributed by atoms with Crippen LogP contribution in [0, 0.1) is 6.92 Å². The summed E-state index contributed by atoms with van der Waals surface area (Å²) in [4.78, 5) is 18.0. The van der Waals surface area contributed by atoms with Gasteiger partial charge in [-0.05, 0) is 43.2 Å². The van der Waals surface area contributed by atoms with Gasteiger partial charge >= 0.3 is 0 Å². The van der Waals surface area contributed by atoms with Crippen LogP contribution in [0.15, 0.2) is 11.4 Å². The molecule has 4 heterocycles. The largest absolute Gasteiger partial charge is 0.372 e. The molecule has 1 aromatic rings. The summed E-state index contributed by atoms with van der Waals surface area (Å²) < 4.78 is 12.1. The van der Waals surface area contributed by atoms with E-state index in [9.17, 15) is 4.79 Å². The minimum absolute atomic E-state index is 0.0508. The van der Waals surface area contributed by atoms with Gasteiger partial charge in [0, 0.05) is 50.6 Å². The van der Waals surface area contributed by atoms with Crippen LogP contribution in [0.25, 0.3) is 0 Å². The number of nitrogens with zero attached hydrogens (tertiary/aromatic N) is 2. The smallest absolute Gasteiger partial charge is 0.248 e. The zero-order valence-electron chi connectivity index (χ0n) is 15.0. The van der Waals surface area contributed by atoms with E-state index in [1.165, 1.54) is 10.4 Å². The highest BCUT2D eigenvalue weighted by atomic mass is 32.1. The molecule has 4 rings (SSSR count). The maximum absolute atomic E-state index is 12.2. The number of thiophene rings is 1. The Bertz CT molecular complexity index is 606. The van der Waals surface area contributed by atoms with Crippen LogP contribution in [-0.2, 0) is 20.8 Å². The maximum Gasteiger partial charge on any atom is 0.248 e. The number of ether oxygens (including phenoxy) is 2. The highest BCUT2D eigenvalue weighted by Crippen LogP contribution is 2.36. The molecule has 0 saturated carbocycles. The van der Waals surface area contributed by atoms with Crippen molar-refractivity contribution in [2.24, 2.45) is 0 Å². The Labute approximate surface area is 153 Å². The molecule has 0 bridgehead atoms. The molecule has 1 spiro atoms. The Kier molecular flexibility index (Phi) is 5.13. The summed E-state index contributed by atoms with van der Waals surface area (Å²) in [6.45, 7) is 7.93. The lowest BCUT2D eigenvalue weighted by molar-refractivity contribution is -0.200. The number of aryl methyl sites for hydroxylation is 1. The van der Waals surface area contributed by atoms with Gasteiger partial charge in [-0.2, -0.15) is 0 Å². The van der Waals surface area contributed by atoms with Gasteiger partial charge in [0.2, 0.25) is 5.91 Å². The molecular formula is C19H28N2O3S. The van der Waals surface area contributed by atoms with E-state index < -0.39 is 0 Å². The van der Waals surface area contributed by atoms with Crippen LogP contribution in [0.5, 0.6) is 0 Å². The molecule has 1 amide bonds. The zero-order chi connectivity index (χ0) is 17.3. The minimum Gasteiger partial charge on any atom is -0.372 e. The van der Waals surface area contributed by atoms with Crippen LogP contribution in [0.2, 0.25) is 0 Å². The monoisotopic (exact) mass is 364 g/mol. The van der Waals surface area contributed by atoms with E-state index in [0.29, 0.717) is 0 Å². The summed E-state index contributed by atoms with van der Waals surface area (Å²) in [7, 11) is 0. The first-order chi connectivity index (χ1) is 12.1. The number of likely N-dealkylation sites (tertiary alicyclic amines) is 2. The second kappa shape index (κ2) is 7.35. The van der Waals surface area contributed by atoms with Crippen molar-refractivity contribution in [2.75, 3.05) is 39.4 Å². The number of rotatable bonds is 5. The Hall–Kier alpha value is -0.950. The van der Waals surface area contributed by atoms with E-state index >= 15 is 0 Å². The summed E-state index contributed by atoms with van der Waals surface area (Å²) in [5, 5.41) is 2.17. The van der Waals surface area contributed by atoms with E-state index in [-0.39, 0.29) is 24.2 Å². The van der Waals surface area contributed by atoms with E-state index in [0.717, 1.165) is 65.0 Å². The zero-order valence-corrected chi connectivity index (χ0v) is 15.9. The standard InChI is InChI=1S/C19H28N2O3S/c1-15-5-9-25-17(15)11-20-13-19(14-20)10-16(4-8-24-19)23-12-18(22)21-6-2-3-7-21/h5,9,16H,2-4,6-8,10-14H2,1H3. The average Bonchev–Trinajstić information content (AvgIpc) is 3.24. The molecule has 5 nitrogen and oxygen atoms in total. The molecule has 25 heavy (non-hydrogen) atoms. The third-order valence-corrected chi connectivity index (χ3v) is 6.72. The molecule has 6 heteroatoms. The highest BCUT2D eigenvalue weighted by Gasteiger charge is 2.47. The van der Waals surface area contributed by atoms with Crippen molar-refractivity contribution >= 4 is 17.2 Å². The van der Waals surface area contributed by atoms with Crippen molar-refractivity contribution in [3.05, 3.63) is 21.9 Å². The predicted molar refractivity (Wildman–Crippen MR) is 97.8 cm³/mol. The quantitative estimate of drug-likeness (QED) is 0.805. The van der Waals surface area contributed by atoms with Crippen molar-refractivity contribution in [2.45, 2.75) is 50.9 Å². The summed E-state index contributed by atoms with van der Waals surface area (Å²) in [5.74, 6) is 0.154. The van der Waals surface area contributed by atoms with E-state index in [1.54, 1.807) is 0 Å². The molecule has 3 aliphatic rings. The molecule has 138 valence electrons. The highest BCUT2D eigenvalue weighted by molar-refractivity contribution is 7.10. The van der Waals surface area contributed by atoms with E-state index in [1.807, 2.05) is 16.2 Å². The fraction of sp³-hybridized carbons (Fsp3) is 0.737. The number of carbonyl (C=O) groups excluding carboxylic acids is 1. The minimum atomic E-state index is -0.0508. The number of carbonyl (C=O) groups is 1. The second-order valence-electron chi connectivity index (χ2n) is 7.72. The Morgan fingerprint density at radius 2 is 2.20 bits per heavy atom. The van der Waals surface area contributed by atoms with Gasteiger partial charge in [0.1, 0.15) is 6.61 Å². The maximum atomic E-state index is 12.2. The number of hydrogen-bond donors (Lipinski definition) is 0. The molecule has 0 radical (unpaired) electrons. The van der Waals surface area contributed by atoms with Crippen LogP contribution in [0.3, 0.4) is 0 Å². The van der Waals surface area contributed by atoms with Gasteiger partial charge in [0.25, 0.3) is 0 Å². The first kappa shape index (κ1) is 17.5. The molecule has 3 saturated heterocycles. The average molecular weight is 365 g/mol. The van der Waals surface area contributed by atoms with Gasteiger partial charge in [-0.15, -0.1) is 11.3 Å². The van der Waals surface area contributed by atoms with Gasteiger partial charge in [-0.3, -0.25) is 9.69 Å². The first-order valence-corrected chi connectivity index (χ1v) is 10.3. The lowest BCUT2D eigenvalue weighted by Gasteiger charge is -2.53. The van der Waals surface area contributed by atoms with Gasteiger partial charge in [-0.25, -0.2) is 0 Å². The Morgan fingerprint density at radius 3 is 2.92 bits per heavy atom.